The van der Waals surface area contributed by atoms with Crippen molar-refractivity contribution < 1.29 is 46.1 Å². The Morgan fingerprint density at radius 3 is 1.23 bits per heavy atom. The van der Waals surface area contributed by atoms with E-state index in [1.54, 1.807) is 0 Å². The van der Waals surface area contributed by atoms with Crippen LogP contribution in [0, 0.1) is 46.3 Å². The molecule has 12 aliphatic rings. The summed E-state index contributed by atoms with van der Waals surface area (Å²) in [6.07, 6.45) is 7.71. The van der Waals surface area contributed by atoms with Gasteiger partial charge in [-0.15, -0.1) is 0 Å². The third-order valence-corrected chi connectivity index (χ3v) is 18.5. The fourth-order valence-electron chi connectivity index (χ4n) is 16.0. The van der Waals surface area contributed by atoms with Crippen molar-refractivity contribution in [2.24, 2.45) is 46.3 Å². The van der Waals surface area contributed by atoms with Gasteiger partial charge in [0.2, 0.25) is 11.8 Å². The van der Waals surface area contributed by atoms with Crippen molar-refractivity contribution in [2.45, 2.75) is 146 Å². The first-order valence-electron chi connectivity index (χ1n) is 24.0. The molecule has 356 valence electrons. The highest BCUT2D eigenvalue weighted by atomic mass is 19.4. The lowest BCUT2D eigenvalue weighted by Gasteiger charge is -2.61. The first-order chi connectivity index (χ1) is 30.4. The van der Waals surface area contributed by atoms with Crippen molar-refractivity contribution in [2.75, 3.05) is 49.1 Å². The number of nitrogens with zero attached hydrogens (tertiary/aromatic N) is 6. The van der Waals surface area contributed by atoms with Crippen molar-refractivity contribution in [3.8, 4) is 0 Å². The van der Waals surface area contributed by atoms with Crippen LogP contribution in [0.25, 0.3) is 0 Å². The van der Waals surface area contributed by atoms with Crippen molar-refractivity contribution >= 4 is 23.5 Å². The molecular formula is C49H64F6N6O4. The molecular weight excluding hydrogens is 851 g/mol. The molecule has 8 saturated carbocycles. The highest BCUT2D eigenvalue weighted by Gasteiger charge is 2.64. The van der Waals surface area contributed by atoms with E-state index < -0.39 is 34.3 Å². The van der Waals surface area contributed by atoms with Crippen molar-refractivity contribution in [1.29, 1.82) is 0 Å². The largest absolute Gasteiger partial charge is 0.417 e. The van der Waals surface area contributed by atoms with E-state index in [1.807, 2.05) is 9.80 Å². The molecule has 6 atom stereocenters. The molecule has 16 heteroatoms. The predicted molar refractivity (Wildman–Crippen MR) is 230 cm³/mol. The molecule has 8 aliphatic carbocycles. The maximum atomic E-state index is 13.9. The molecule has 8 bridgehead atoms. The Hall–Kier alpha value is -3.66. The second kappa shape index (κ2) is 15.7. The number of carbonyl (C=O) groups is 2. The summed E-state index contributed by atoms with van der Waals surface area (Å²) in [7, 11) is 0. The number of amides is 2. The van der Waals surface area contributed by atoms with E-state index in [2.05, 4.69) is 19.8 Å². The van der Waals surface area contributed by atoms with Crippen LogP contribution in [-0.2, 0) is 21.9 Å². The average Bonchev–Trinajstić information content (AvgIpc) is 3.75. The summed E-state index contributed by atoms with van der Waals surface area (Å²) >= 11 is 0. The van der Waals surface area contributed by atoms with Crippen LogP contribution >= 0.6 is 0 Å². The van der Waals surface area contributed by atoms with Gasteiger partial charge in [0, 0.05) is 62.7 Å². The van der Waals surface area contributed by atoms with E-state index in [1.165, 1.54) is 12.1 Å². The number of piperidine rings is 2. The summed E-state index contributed by atoms with van der Waals surface area (Å²) in [5.41, 5.74) is -2.62. The van der Waals surface area contributed by atoms with E-state index in [0.29, 0.717) is 73.3 Å². The van der Waals surface area contributed by atoms with E-state index in [0.717, 1.165) is 140 Å². The minimum Gasteiger partial charge on any atom is -0.393 e. The number of aromatic nitrogens is 2. The van der Waals surface area contributed by atoms with E-state index in [4.69, 9.17) is 0 Å². The number of alkyl halides is 6. The van der Waals surface area contributed by atoms with Gasteiger partial charge in [0.15, 0.2) is 0 Å². The normalized spacial score (nSPS) is 40.6. The highest BCUT2D eigenvalue weighted by Crippen LogP contribution is 2.61. The van der Waals surface area contributed by atoms with Gasteiger partial charge < -0.3 is 29.8 Å². The molecule has 2 spiro atoms. The van der Waals surface area contributed by atoms with Gasteiger partial charge in [-0.05, 0) is 163 Å². The second-order valence-corrected chi connectivity index (χ2v) is 22.2. The molecule has 12 fully saturated rings. The zero-order valence-corrected chi connectivity index (χ0v) is 36.3. The molecule has 2 amide bonds. The number of hydrogen-bond acceptors (Lipinski definition) is 8. The number of halogens is 6. The van der Waals surface area contributed by atoms with Gasteiger partial charge in [0.25, 0.3) is 0 Å². The van der Waals surface area contributed by atoms with Crippen LogP contribution in [0.2, 0.25) is 0 Å². The highest BCUT2D eigenvalue weighted by molar-refractivity contribution is 5.87. The zero-order chi connectivity index (χ0) is 44.6. The summed E-state index contributed by atoms with van der Waals surface area (Å²) in [5, 5.41) is 21.3. The zero-order valence-electron chi connectivity index (χ0n) is 36.3. The molecule has 2 aromatic rings. The lowest BCUT2D eigenvalue weighted by Crippen LogP contribution is -2.65. The molecule has 4 aliphatic heterocycles. The Labute approximate surface area is 377 Å². The van der Waals surface area contributed by atoms with Crippen molar-refractivity contribution in [3.63, 3.8) is 0 Å². The van der Waals surface area contributed by atoms with E-state index >= 15 is 0 Å². The Morgan fingerprint density at radius 2 is 0.908 bits per heavy atom. The van der Waals surface area contributed by atoms with Crippen molar-refractivity contribution in [1.82, 2.24) is 19.8 Å². The summed E-state index contributed by atoms with van der Waals surface area (Å²) in [6.45, 7) is 3.98. The molecule has 4 saturated heterocycles. The quantitative estimate of drug-likeness (QED) is 0.295. The summed E-state index contributed by atoms with van der Waals surface area (Å²) in [5.74, 6) is 4.03. The van der Waals surface area contributed by atoms with Crippen molar-refractivity contribution in [3.05, 3.63) is 47.8 Å². The fourth-order valence-corrected chi connectivity index (χ4v) is 16.0. The average molecular weight is 915 g/mol. The van der Waals surface area contributed by atoms with Crippen LogP contribution in [0.1, 0.15) is 121 Å². The molecule has 0 radical (unpaired) electrons. The van der Waals surface area contributed by atoms with Gasteiger partial charge in [-0.1, -0.05) is 7.43 Å². The van der Waals surface area contributed by atoms with E-state index in [9.17, 15) is 46.1 Å². The van der Waals surface area contributed by atoms with E-state index in [-0.39, 0.29) is 42.5 Å². The van der Waals surface area contributed by atoms with Gasteiger partial charge in [-0.2, -0.15) is 26.3 Å². The maximum Gasteiger partial charge on any atom is 0.417 e. The minimum atomic E-state index is -4.40. The molecule has 65 heavy (non-hydrogen) atoms. The SMILES string of the molecule is C.O=C1N(C23CC4CC(C2)C(O)C(C4)C3)CCC12CCCN(c1ccc(C(F)(F)F)cn1)C2.O=C1N(C23CC4CC(C2)C(O)C(C4)C3)CCC12CCCN(c1ccc(C(F)(F)F)cn1)C2. The lowest BCUT2D eigenvalue weighted by atomic mass is 9.51. The number of likely N-dealkylation sites (tertiary alicyclic amines) is 2. The fraction of sp³-hybridized carbons (Fsp3) is 0.755. The Balaban J connectivity index is 0.000000151. The Kier molecular flexibility index (Phi) is 10.9. The smallest absolute Gasteiger partial charge is 0.393 e. The minimum absolute atomic E-state index is 0. The number of carbonyl (C=O) groups excluding carboxylic acids is 2. The molecule has 6 unspecified atom stereocenters. The first-order valence-corrected chi connectivity index (χ1v) is 24.0. The number of anilines is 2. The maximum absolute atomic E-state index is 13.9. The van der Waals surface area contributed by atoms with Crippen LogP contribution in [-0.4, -0.2) is 104 Å². The third-order valence-electron chi connectivity index (χ3n) is 18.5. The van der Waals surface area contributed by atoms with Crippen LogP contribution in [0.3, 0.4) is 0 Å². The lowest BCUT2D eigenvalue weighted by molar-refractivity contribution is -0.168. The van der Waals surface area contributed by atoms with Gasteiger partial charge in [0.1, 0.15) is 11.6 Å². The van der Waals surface area contributed by atoms with Gasteiger partial charge in [-0.3, -0.25) is 9.59 Å². The van der Waals surface area contributed by atoms with Gasteiger partial charge in [0.05, 0.1) is 34.2 Å². The third kappa shape index (κ3) is 7.42. The number of rotatable bonds is 4. The van der Waals surface area contributed by atoms with Gasteiger partial charge >= 0.3 is 12.4 Å². The number of aliphatic hydroxyl groups excluding tert-OH is 2. The Morgan fingerprint density at radius 1 is 0.538 bits per heavy atom. The molecule has 14 rings (SSSR count). The summed E-state index contributed by atoms with van der Waals surface area (Å²) in [6, 6.07) is 5.01. The van der Waals surface area contributed by atoms with Crippen LogP contribution < -0.4 is 9.80 Å². The second-order valence-electron chi connectivity index (χ2n) is 22.2. The first kappa shape index (κ1) is 45.1. The standard InChI is InChI=1S/2C24H30F3N3O2.CH4/c2*25-24(26,27)18-2-3-19(28-13-18)29-6-1-4-22(14-29)5-7-30(21(22)32)23-10-15-8-16(11-23)20(31)17(9-15)12-23;/h2*2-3,13,15-17,20,31H,1,4-12,14H2;1H4. The van der Waals surface area contributed by atoms with Crippen LogP contribution in [0.4, 0.5) is 38.0 Å². The molecule has 10 nitrogen and oxygen atoms in total. The molecule has 2 N–H and O–H groups in total. The monoisotopic (exact) mass is 914 g/mol. The predicted octanol–water partition coefficient (Wildman–Crippen LogP) is 8.35. The summed E-state index contributed by atoms with van der Waals surface area (Å²) < 4.78 is 77.5. The molecule has 2 aromatic heterocycles. The van der Waals surface area contributed by atoms with Crippen LogP contribution in [0.15, 0.2) is 36.7 Å². The van der Waals surface area contributed by atoms with Gasteiger partial charge in [-0.25, -0.2) is 9.97 Å². The molecule has 0 aromatic carbocycles. The van der Waals surface area contributed by atoms with Crippen LogP contribution in [0.5, 0.6) is 0 Å². The summed E-state index contributed by atoms with van der Waals surface area (Å²) in [4.78, 5) is 44.3. The Bertz CT molecular complexity index is 1960. The molecule has 6 heterocycles. The number of aliphatic hydroxyl groups is 2. The number of hydrogen-bond donors (Lipinski definition) is 2. The number of pyridine rings is 2. The topological polar surface area (TPSA) is 113 Å².